The fourth-order valence-corrected chi connectivity index (χ4v) is 2.98. The molecule has 3 rings (SSSR count). The molecule has 3 unspecified atom stereocenters. The van der Waals surface area contributed by atoms with E-state index in [1.54, 1.807) is 13.8 Å². The maximum absolute atomic E-state index is 9.89. The van der Waals surface area contributed by atoms with Crippen LogP contribution >= 0.6 is 0 Å². The summed E-state index contributed by atoms with van der Waals surface area (Å²) in [6.45, 7) is 3.53. The smallest absolute Gasteiger partial charge is 0.197 e. The molecule has 0 radical (unpaired) electrons. The van der Waals surface area contributed by atoms with Crippen molar-refractivity contribution in [3.05, 3.63) is 11.1 Å². The van der Waals surface area contributed by atoms with Gasteiger partial charge in [0.2, 0.25) is 0 Å². The number of H-pyrrole nitrogens is 1. The predicted molar refractivity (Wildman–Crippen MR) is 50.5 cm³/mol. The third-order valence-corrected chi connectivity index (χ3v) is 3.64. The van der Waals surface area contributed by atoms with Crippen LogP contribution in [0.5, 0.6) is 11.8 Å². The molecule has 2 bridgehead atoms. The monoisotopic (exact) mass is 211 g/mol. The van der Waals surface area contributed by atoms with Crippen molar-refractivity contribution in [2.75, 3.05) is 0 Å². The van der Waals surface area contributed by atoms with E-state index in [4.69, 9.17) is 4.74 Å². The zero-order valence-electron chi connectivity index (χ0n) is 8.53. The summed E-state index contributed by atoms with van der Waals surface area (Å²) >= 11 is 0. The summed E-state index contributed by atoms with van der Waals surface area (Å²) in [5.74, 6) is -0.187. The van der Waals surface area contributed by atoms with Crippen LogP contribution < -0.4 is 0 Å². The highest BCUT2D eigenvalue weighted by atomic mass is 16.6. The van der Waals surface area contributed by atoms with E-state index in [9.17, 15) is 15.3 Å². The van der Waals surface area contributed by atoms with E-state index in [0.717, 1.165) is 0 Å². The lowest BCUT2D eigenvalue weighted by molar-refractivity contribution is -0.0934. The fraction of sp³-hybridized carbons (Fsp3) is 0.600. The van der Waals surface area contributed by atoms with Gasteiger partial charge in [-0.15, -0.1) is 0 Å². The maximum atomic E-state index is 9.89. The van der Waals surface area contributed by atoms with E-state index >= 15 is 0 Å². The molecule has 15 heavy (non-hydrogen) atoms. The third kappa shape index (κ3) is 0.778. The molecule has 5 nitrogen and oxygen atoms in total. The molecule has 82 valence electrons. The van der Waals surface area contributed by atoms with Gasteiger partial charge in [0.25, 0.3) is 0 Å². The SMILES string of the molecule is CC12CC(O)C(C)(O1)c1c(O)[nH]c(O)c12. The zero-order valence-corrected chi connectivity index (χ0v) is 8.53. The third-order valence-electron chi connectivity index (χ3n) is 3.64. The molecule has 2 aliphatic heterocycles. The predicted octanol–water partition coefficient (Wildman–Crippen LogP) is 0.651. The van der Waals surface area contributed by atoms with Gasteiger partial charge < -0.3 is 20.1 Å². The van der Waals surface area contributed by atoms with Crippen LogP contribution in [-0.2, 0) is 15.9 Å². The average molecular weight is 211 g/mol. The number of hydrogen-bond donors (Lipinski definition) is 4. The first-order chi connectivity index (χ1) is 6.88. The maximum Gasteiger partial charge on any atom is 0.197 e. The Labute approximate surface area is 86.3 Å². The van der Waals surface area contributed by atoms with Crippen LogP contribution in [0.3, 0.4) is 0 Å². The molecule has 0 aromatic carbocycles. The molecule has 1 aromatic rings. The molecule has 0 saturated carbocycles. The minimum atomic E-state index is -0.911. The summed E-state index contributed by atoms with van der Waals surface area (Å²) in [7, 11) is 0. The van der Waals surface area contributed by atoms with Crippen LogP contribution in [0.4, 0.5) is 0 Å². The van der Waals surface area contributed by atoms with Gasteiger partial charge in [-0.2, -0.15) is 0 Å². The van der Waals surface area contributed by atoms with Crippen molar-refractivity contribution >= 4 is 0 Å². The van der Waals surface area contributed by atoms with Gasteiger partial charge >= 0.3 is 0 Å². The van der Waals surface area contributed by atoms with Crippen molar-refractivity contribution in [2.45, 2.75) is 37.6 Å². The van der Waals surface area contributed by atoms with Crippen molar-refractivity contribution in [2.24, 2.45) is 0 Å². The van der Waals surface area contributed by atoms with Gasteiger partial charge in [0.15, 0.2) is 11.8 Å². The summed E-state index contributed by atoms with van der Waals surface area (Å²) in [6.07, 6.45) is -0.224. The highest BCUT2D eigenvalue weighted by Gasteiger charge is 2.63. The van der Waals surface area contributed by atoms with Crippen LogP contribution in [0, 0.1) is 0 Å². The molecule has 5 heteroatoms. The number of aliphatic hydroxyl groups excluding tert-OH is 1. The number of ether oxygens (including phenoxy) is 1. The van der Waals surface area contributed by atoms with E-state index in [1.165, 1.54) is 0 Å². The number of aromatic hydroxyl groups is 2. The first-order valence-electron chi connectivity index (χ1n) is 4.91. The minimum Gasteiger partial charge on any atom is -0.494 e. The van der Waals surface area contributed by atoms with Crippen molar-refractivity contribution in [3.8, 4) is 11.8 Å². The number of aromatic amines is 1. The number of nitrogens with one attached hydrogen (secondary N) is 1. The number of fused-ring (bicyclic) bond motifs is 5. The lowest BCUT2D eigenvalue weighted by Gasteiger charge is -2.25. The van der Waals surface area contributed by atoms with Crippen molar-refractivity contribution in [3.63, 3.8) is 0 Å². The summed E-state index contributed by atoms with van der Waals surface area (Å²) < 4.78 is 5.74. The molecule has 1 fully saturated rings. The van der Waals surface area contributed by atoms with Gasteiger partial charge in [-0.1, -0.05) is 0 Å². The molecular formula is C10H13NO4. The first-order valence-corrected chi connectivity index (χ1v) is 4.91. The molecule has 4 N–H and O–H groups in total. The van der Waals surface area contributed by atoms with Crippen molar-refractivity contribution < 1.29 is 20.1 Å². The number of hydrogen-bond acceptors (Lipinski definition) is 4. The molecule has 3 atom stereocenters. The largest absolute Gasteiger partial charge is 0.494 e. The summed E-state index contributed by atoms with van der Waals surface area (Å²) in [5.41, 5.74) is -0.550. The summed E-state index contributed by atoms with van der Waals surface area (Å²) in [6, 6.07) is 0. The molecule has 0 aliphatic carbocycles. The van der Waals surface area contributed by atoms with E-state index < -0.39 is 17.3 Å². The van der Waals surface area contributed by atoms with E-state index in [-0.39, 0.29) is 11.8 Å². The van der Waals surface area contributed by atoms with Gasteiger partial charge in [-0.05, 0) is 13.8 Å². The molecule has 1 aromatic heterocycles. The summed E-state index contributed by atoms with van der Waals surface area (Å²) in [5, 5.41) is 29.2. The van der Waals surface area contributed by atoms with Crippen LogP contribution in [0.15, 0.2) is 0 Å². The van der Waals surface area contributed by atoms with Gasteiger partial charge in [0.1, 0.15) is 5.60 Å². The zero-order chi connectivity index (χ0) is 11.0. The minimum absolute atomic E-state index is 0.0689. The fourth-order valence-electron chi connectivity index (χ4n) is 2.98. The Morgan fingerprint density at radius 3 is 2.53 bits per heavy atom. The topological polar surface area (TPSA) is 85.7 Å². The van der Waals surface area contributed by atoms with Crippen LogP contribution in [0.2, 0.25) is 0 Å². The highest BCUT2D eigenvalue weighted by molar-refractivity contribution is 5.56. The molecule has 0 amide bonds. The van der Waals surface area contributed by atoms with Gasteiger partial charge in [0.05, 0.1) is 22.8 Å². The van der Waals surface area contributed by atoms with E-state index in [0.29, 0.717) is 17.5 Å². The standard InChI is InChI=1S/C10H13NO4/c1-9-3-4(12)10(2,15-9)6-5(9)7(13)11-8(6)14/h4,11-14H,3H2,1-2H3. The molecule has 1 saturated heterocycles. The van der Waals surface area contributed by atoms with Gasteiger partial charge in [-0.25, -0.2) is 0 Å². The molecule has 0 spiro atoms. The van der Waals surface area contributed by atoms with Crippen LogP contribution in [0.1, 0.15) is 31.4 Å². The van der Waals surface area contributed by atoms with Crippen molar-refractivity contribution in [1.29, 1.82) is 0 Å². The van der Waals surface area contributed by atoms with E-state index in [1.807, 2.05) is 0 Å². The Kier molecular flexibility index (Phi) is 1.30. The van der Waals surface area contributed by atoms with Crippen LogP contribution in [0.25, 0.3) is 0 Å². The van der Waals surface area contributed by atoms with Gasteiger partial charge in [-0.3, -0.25) is 4.98 Å². The first kappa shape index (κ1) is 9.06. The Bertz CT molecular complexity index is 455. The Balaban J connectivity index is 2.35. The quantitative estimate of drug-likeness (QED) is 0.507. The summed E-state index contributed by atoms with van der Waals surface area (Å²) in [4.78, 5) is 2.47. The Morgan fingerprint density at radius 1 is 1.27 bits per heavy atom. The Morgan fingerprint density at radius 2 is 1.87 bits per heavy atom. The average Bonchev–Trinajstić information content (AvgIpc) is 2.58. The normalized spacial score (nSPS) is 42.2. The highest BCUT2D eigenvalue weighted by Crippen LogP contribution is 2.62. The van der Waals surface area contributed by atoms with Crippen LogP contribution in [-0.4, -0.2) is 26.4 Å². The number of aromatic nitrogens is 1. The lowest BCUT2D eigenvalue weighted by Crippen LogP contribution is -2.32. The second-order valence-electron chi connectivity index (χ2n) is 4.73. The van der Waals surface area contributed by atoms with Gasteiger partial charge in [0, 0.05) is 6.42 Å². The van der Waals surface area contributed by atoms with E-state index in [2.05, 4.69) is 4.98 Å². The second-order valence-corrected chi connectivity index (χ2v) is 4.73. The number of rotatable bonds is 0. The van der Waals surface area contributed by atoms with Crippen molar-refractivity contribution in [1.82, 2.24) is 4.98 Å². The lowest BCUT2D eigenvalue weighted by atomic mass is 9.78. The Hall–Kier alpha value is -1.20. The second kappa shape index (κ2) is 2.15. The molecule has 2 aliphatic rings. The molecule has 3 heterocycles. The number of aliphatic hydroxyl groups is 1. The molecular weight excluding hydrogens is 198 g/mol.